The number of H-pyrrole nitrogens is 1. The third kappa shape index (κ3) is 5.39. The van der Waals surface area contributed by atoms with Crippen molar-refractivity contribution in [3.05, 3.63) is 105 Å². The highest BCUT2D eigenvalue weighted by atomic mass is 35.5. The van der Waals surface area contributed by atoms with Crippen molar-refractivity contribution in [1.29, 1.82) is 0 Å². The summed E-state index contributed by atoms with van der Waals surface area (Å²) in [6.07, 6.45) is 0. The Hall–Kier alpha value is -3.66. The first-order chi connectivity index (χ1) is 17.9. The molecule has 0 aliphatic heterocycles. The van der Waals surface area contributed by atoms with Gasteiger partial charge in [-0.25, -0.2) is 9.78 Å². The zero-order chi connectivity index (χ0) is 25.9. The van der Waals surface area contributed by atoms with Crippen molar-refractivity contribution in [3.63, 3.8) is 0 Å². The molecule has 5 aromatic rings. The molecule has 10 heteroatoms. The minimum absolute atomic E-state index is 0.224. The van der Waals surface area contributed by atoms with Crippen molar-refractivity contribution in [3.8, 4) is 5.13 Å². The zero-order valence-corrected chi connectivity index (χ0v) is 22.3. The smallest absolute Gasteiger partial charge is 0.337 e. The van der Waals surface area contributed by atoms with Gasteiger partial charge in [-0.05, 0) is 67.6 Å². The van der Waals surface area contributed by atoms with E-state index >= 15 is 0 Å². The number of fused-ring (bicyclic) bond motifs is 1. The van der Waals surface area contributed by atoms with Crippen LogP contribution in [0.4, 0.5) is 5.69 Å². The molecule has 0 unspecified atom stereocenters. The summed E-state index contributed by atoms with van der Waals surface area (Å²) >= 11 is 9.05. The molecular formula is C27H21ClN4O3S2. The van der Waals surface area contributed by atoms with Gasteiger partial charge in [0.05, 0.1) is 45.5 Å². The molecule has 2 heterocycles. The molecule has 0 fully saturated rings. The third-order valence-electron chi connectivity index (χ3n) is 5.58. The monoisotopic (exact) mass is 548 g/mol. The van der Waals surface area contributed by atoms with E-state index in [9.17, 15) is 9.59 Å². The molecule has 0 saturated carbocycles. The van der Waals surface area contributed by atoms with E-state index < -0.39 is 5.97 Å². The number of thioether (sulfide) groups is 1. The van der Waals surface area contributed by atoms with Crippen LogP contribution in [0.2, 0.25) is 5.02 Å². The van der Waals surface area contributed by atoms with Gasteiger partial charge in [-0.15, -0.1) is 11.8 Å². The number of hydrogen-bond donors (Lipinski definition) is 1. The molecule has 0 aliphatic carbocycles. The molecule has 186 valence electrons. The second kappa shape index (κ2) is 10.8. The fourth-order valence-corrected chi connectivity index (χ4v) is 5.68. The molecule has 0 radical (unpaired) electrons. The summed E-state index contributed by atoms with van der Waals surface area (Å²) in [7, 11) is 1.34. The number of nitrogens with zero attached hydrogens (tertiary/aromatic N) is 3. The minimum atomic E-state index is -0.418. The first-order valence-corrected chi connectivity index (χ1v) is 13.4. The maximum absolute atomic E-state index is 13.7. The molecule has 1 N–H and O–H groups in total. The molecule has 0 bridgehead atoms. The number of aliphatic imine (C=N–C) groups is 1. The van der Waals surface area contributed by atoms with Gasteiger partial charge in [0.15, 0.2) is 0 Å². The molecule has 5 rings (SSSR count). The van der Waals surface area contributed by atoms with Crippen LogP contribution in [0, 0.1) is 0 Å². The minimum Gasteiger partial charge on any atom is -0.465 e. The third-order valence-corrected chi connectivity index (χ3v) is 7.90. The number of benzene rings is 3. The molecule has 3 aromatic carbocycles. The predicted molar refractivity (Wildman–Crippen MR) is 150 cm³/mol. The first kappa shape index (κ1) is 25.0. The number of aromatic nitrogens is 3. The highest BCUT2D eigenvalue weighted by molar-refractivity contribution is 7.98. The van der Waals surface area contributed by atoms with Gasteiger partial charge in [0.25, 0.3) is 5.56 Å². The Morgan fingerprint density at radius 1 is 1.11 bits per heavy atom. The van der Waals surface area contributed by atoms with Crippen LogP contribution in [-0.4, -0.2) is 33.6 Å². The molecule has 0 saturated heterocycles. The van der Waals surface area contributed by atoms with Crippen molar-refractivity contribution in [1.82, 2.24) is 14.8 Å². The van der Waals surface area contributed by atoms with Crippen molar-refractivity contribution >= 4 is 62.3 Å². The van der Waals surface area contributed by atoms with Gasteiger partial charge >= 0.3 is 5.97 Å². The Kier molecular flexibility index (Phi) is 7.27. The number of carbonyl (C=O) groups excluding carboxylic acids is 1. The van der Waals surface area contributed by atoms with Gasteiger partial charge in [-0.2, -0.15) is 4.68 Å². The van der Waals surface area contributed by atoms with Crippen LogP contribution in [0.25, 0.3) is 15.3 Å². The van der Waals surface area contributed by atoms with Crippen molar-refractivity contribution < 1.29 is 9.53 Å². The maximum Gasteiger partial charge on any atom is 0.337 e. The van der Waals surface area contributed by atoms with Crippen LogP contribution in [-0.2, 0) is 10.5 Å². The molecule has 0 aliphatic rings. The summed E-state index contributed by atoms with van der Waals surface area (Å²) < 4.78 is 7.23. The fraction of sp³-hybridized carbons (Fsp3) is 0.111. The summed E-state index contributed by atoms with van der Waals surface area (Å²) in [5.74, 6) is 0.0937. The lowest BCUT2D eigenvalue weighted by Gasteiger charge is -2.04. The largest absolute Gasteiger partial charge is 0.465 e. The van der Waals surface area contributed by atoms with Crippen LogP contribution >= 0.6 is 34.7 Å². The van der Waals surface area contributed by atoms with Crippen LogP contribution in [0.3, 0.4) is 0 Å². The number of halogens is 1. The number of hydrogen-bond acceptors (Lipinski definition) is 7. The number of methoxy groups -OCH3 is 1. The number of carbonyl (C=O) groups is 1. The Bertz CT molecular complexity index is 1640. The summed E-state index contributed by atoms with van der Waals surface area (Å²) in [5, 5.41) is 4.50. The molecular weight excluding hydrogens is 528 g/mol. The van der Waals surface area contributed by atoms with E-state index in [0.717, 1.165) is 20.8 Å². The van der Waals surface area contributed by atoms with Crippen LogP contribution in [0.15, 0.2) is 87.5 Å². The average Bonchev–Trinajstić information content (AvgIpc) is 3.49. The Morgan fingerprint density at radius 3 is 2.54 bits per heavy atom. The number of thiazole rings is 1. The van der Waals surface area contributed by atoms with Gasteiger partial charge in [0, 0.05) is 15.7 Å². The molecule has 0 spiro atoms. The molecule has 0 atom stereocenters. The zero-order valence-electron chi connectivity index (χ0n) is 19.9. The summed E-state index contributed by atoms with van der Waals surface area (Å²) in [6.45, 7) is 1.80. The Balaban J connectivity index is 1.54. The van der Waals surface area contributed by atoms with Crippen molar-refractivity contribution in [2.75, 3.05) is 7.11 Å². The SMILES string of the molecule is COC(=O)c1ccc(N=C(C)c2c(CSc3ccc(Cl)cc3)[nH]n(-c3nc4ccccc4s3)c2=O)cc1. The number of aromatic amines is 1. The number of nitrogens with one attached hydrogen (secondary N) is 1. The molecule has 2 aromatic heterocycles. The average molecular weight is 549 g/mol. The molecule has 7 nitrogen and oxygen atoms in total. The lowest BCUT2D eigenvalue weighted by atomic mass is 10.1. The normalized spacial score (nSPS) is 11.7. The van der Waals surface area contributed by atoms with Gasteiger partial charge in [-0.3, -0.25) is 14.9 Å². The fourth-order valence-electron chi connectivity index (χ4n) is 3.78. The van der Waals surface area contributed by atoms with E-state index in [-0.39, 0.29) is 5.56 Å². The number of ether oxygens (including phenoxy) is 1. The predicted octanol–water partition coefficient (Wildman–Crippen LogP) is 6.65. The highest BCUT2D eigenvalue weighted by Crippen LogP contribution is 2.27. The van der Waals surface area contributed by atoms with Crippen molar-refractivity contribution in [2.24, 2.45) is 4.99 Å². The van der Waals surface area contributed by atoms with Crippen molar-refractivity contribution in [2.45, 2.75) is 17.6 Å². The highest BCUT2D eigenvalue weighted by Gasteiger charge is 2.20. The van der Waals surface area contributed by atoms with Gasteiger partial charge in [0.2, 0.25) is 5.13 Å². The van der Waals surface area contributed by atoms with E-state index in [1.54, 1.807) is 43.0 Å². The van der Waals surface area contributed by atoms with E-state index in [0.29, 0.717) is 38.4 Å². The molecule has 0 amide bonds. The lowest BCUT2D eigenvalue weighted by molar-refractivity contribution is 0.0601. The Labute approximate surface area is 225 Å². The lowest BCUT2D eigenvalue weighted by Crippen LogP contribution is -2.19. The molecule has 37 heavy (non-hydrogen) atoms. The second-order valence-electron chi connectivity index (χ2n) is 8.05. The van der Waals surface area contributed by atoms with E-state index in [1.165, 1.54) is 23.1 Å². The van der Waals surface area contributed by atoms with Crippen LogP contribution in [0.1, 0.15) is 28.5 Å². The van der Waals surface area contributed by atoms with Gasteiger partial charge in [-0.1, -0.05) is 35.1 Å². The topological polar surface area (TPSA) is 89.3 Å². The summed E-state index contributed by atoms with van der Waals surface area (Å²) in [5.41, 5.74) is 3.43. The van der Waals surface area contributed by atoms with Crippen LogP contribution < -0.4 is 5.56 Å². The number of para-hydroxylation sites is 1. The van der Waals surface area contributed by atoms with E-state index in [1.807, 2.05) is 48.5 Å². The summed E-state index contributed by atoms with van der Waals surface area (Å²) in [4.78, 5) is 35.8. The van der Waals surface area contributed by atoms with Gasteiger partial charge < -0.3 is 4.74 Å². The Morgan fingerprint density at radius 2 is 1.84 bits per heavy atom. The standard InChI is InChI=1S/C27H21ClN4O3S2/c1-16(29-19-11-7-17(8-12-19)26(34)35-2)24-22(15-36-20-13-9-18(28)10-14-20)31-32(25(24)33)27-30-21-5-3-4-6-23(21)37-27/h3-14,31H,15H2,1-2H3. The maximum atomic E-state index is 13.7. The van der Waals surface area contributed by atoms with Crippen LogP contribution in [0.5, 0.6) is 0 Å². The van der Waals surface area contributed by atoms with E-state index in [4.69, 9.17) is 16.3 Å². The second-order valence-corrected chi connectivity index (χ2v) is 10.5. The quantitative estimate of drug-likeness (QED) is 0.140. The number of esters is 1. The van der Waals surface area contributed by atoms with E-state index in [2.05, 4.69) is 15.1 Å². The van der Waals surface area contributed by atoms with Gasteiger partial charge in [0.1, 0.15) is 0 Å². The first-order valence-electron chi connectivity index (χ1n) is 11.2. The number of rotatable bonds is 7. The summed E-state index contributed by atoms with van der Waals surface area (Å²) in [6, 6.07) is 22.1.